The first kappa shape index (κ1) is 15.6. The Labute approximate surface area is 146 Å². The van der Waals surface area contributed by atoms with Crippen molar-refractivity contribution in [2.45, 2.75) is 26.3 Å². The molecule has 0 bridgehead atoms. The smallest absolute Gasteiger partial charge is 0.244 e. The molecule has 1 aromatic carbocycles. The zero-order valence-electron chi connectivity index (χ0n) is 14.3. The Balaban J connectivity index is 1.63. The van der Waals surface area contributed by atoms with Gasteiger partial charge in [-0.1, -0.05) is 0 Å². The lowest BCUT2D eigenvalue weighted by Gasteiger charge is -2.20. The van der Waals surface area contributed by atoms with Gasteiger partial charge < -0.3 is 14.8 Å². The van der Waals surface area contributed by atoms with Crippen LogP contribution in [-0.2, 0) is 11.3 Å². The maximum Gasteiger partial charge on any atom is 0.244 e. The highest BCUT2D eigenvalue weighted by molar-refractivity contribution is 6.05. The number of amides is 1. The number of hydrogen-bond acceptors (Lipinski definition) is 4. The van der Waals surface area contributed by atoms with E-state index in [1.54, 1.807) is 6.20 Å². The Bertz CT molecular complexity index is 911. The molecule has 1 fully saturated rings. The van der Waals surface area contributed by atoms with E-state index < -0.39 is 0 Å². The van der Waals surface area contributed by atoms with Gasteiger partial charge >= 0.3 is 0 Å². The van der Waals surface area contributed by atoms with E-state index in [0.717, 1.165) is 41.2 Å². The van der Waals surface area contributed by atoms with Crippen LogP contribution >= 0.6 is 0 Å². The van der Waals surface area contributed by atoms with Gasteiger partial charge in [-0.3, -0.25) is 9.78 Å². The zero-order chi connectivity index (χ0) is 17.2. The molecule has 25 heavy (non-hydrogen) atoms. The molecule has 1 amide bonds. The van der Waals surface area contributed by atoms with Crippen LogP contribution in [0.1, 0.15) is 18.7 Å². The highest BCUT2D eigenvalue weighted by atomic mass is 16.1. The lowest BCUT2D eigenvalue weighted by atomic mass is 10.1. The van der Waals surface area contributed by atoms with Crippen molar-refractivity contribution >= 4 is 28.2 Å². The van der Waals surface area contributed by atoms with Crippen molar-refractivity contribution in [2.75, 3.05) is 23.3 Å². The largest absolute Gasteiger partial charge is 0.370 e. The minimum absolute atomic E-state index is 0.0693. The number of imidazole rings is 1. The normalized spacial score (nSPS) is 14.2. The minimum Gasteiger partial charge on any atom is -0.370 e. The molecule has 2 aromatic heterocycles. The van der Waals surface area contributed by atoms with Gasteiger partial charge in [-0.25, -0.2) is 4.98 Å². The molecule has 4 rings (SSSR count). The van der Waals surface area contributed by atoms with Crippen molar-refractivity contribution < 1.29 is 4.79 Å². The summed E-state index contributed by atoms with van der Waals surface area (Å²) in [7, 11) is 0. The number of nitrogens with one attached hydrogen (secondary N) is 1. The Morgan fingerprint density at radius 3 is 2.76 bits per heavy atom. The van der Waals surface area contributed by atoms with Crippen LogP contribution in [-0.4, -0.2) is 33.5 Å². The Hall–Kier alpha value is -2.89. The van der Waals surface area contributed by atoms with E-state index in [2.05, 4.69) is 26.3 Å². The van der Waals surface area contributed by atoms with E-state index in [-0.39, 0.29) is 12.5 Å². The molecule has 3 aromatic rings. The highest BCUT2D eigenvalue weighted by Crippen LogP contribution is 2.32. The van der Waals surface area contributed by atoms with Gasteiger partial charge in [-0.15, -0.1) is 0 Å². The average molecular weight is 335 g/mol. The Kier molecular flexibility index (Phi) is 4.09. The molecular weight excluding hydrogens is 314 g/mol. The van der Waals surface area contributed by atoms with Crippen LogP contribution in [0.4, 0.5) is 11.4 Å². The Morgan fingerprint density at radius 2 is 2.00 bits per heavy atom. The molecule has 128 valence electrons. The van der Waals surface area contributed by atoms with Crippen LogP contribution in [0, 0.1) is 6.92 Å². The van der Waals surface area contributed by atoms with Crippen molar-refractivity contribution in [2.24, 2.45) is 0 Å². The van der Waals surface area contributed by atoms with Crippen molar-refractivity contribution in [3.63, 3.8) is 0 Å². The minimum atomic E-state index is -0.0693. The third kappa shape index (κ3) is 3.07. The zero-order valence-corrected chi connectivity index (χ0v) is 14.3. The molecule has 0 saturated carbocycles. The molecule has 0 atom stereocenters. The van der Waals surface area contributed by atoms with Crippen molar-refractivity contribution in [3.05, 3.63) is 48.7 Å². The first-order chi connectivity index (χ1) is 12.2. The molecule has 0 aliphatic carbocycles. The van der Waals surface area contributed by atoms with E-state index in [4.69, 9.17) is 0 Å². The van der Waals surface area contributed by atoms with Gasteiger partial charge in [0.25, 0.3) is 0 Å². The van der Waals surface area contributed by atoms with Crippen LogP contribution in [0.5, 0.6) is 0 Å². The molecule has 1 N–H and O–H groups in total. The van der Waals surface area contributed by atoms with Crippen LogP contribution in [0.3, 0.4) is 0 Å². The number of carbonyl (C=O) groups is 1. The molecule has 1 aliphatic rings. The number of anilines is 2. The predicted molar refractivity (Wildman–Crippen MR) is 98.8 cm³/mol. The fourth-order valence-electron chi connectivity index (χ4n) is 3.40. The second kappa shape index (κ2) is 6.55. The lowest BCUT2D eigenvalue weighted by molar-refractivity contribution is -0.116. The molecule has 0 unspecified atom stereocenters. The van der Waals surface area contributed by atoms with E-state index in [9.17, 15) is 4.79 Å². The van der Waals surface area contributed by atoms with E-state index in [1.165, 1.54) is 12.8 Å². The molecule has 1 saturated heterocycles. The van der Waals surface area contributed by atoms with E-state index >= 15 is 0 Å². The monoisotopic (exact) mass is 335 g/mol. The topological polar surface area (TPSA) is 63.1 Å². The fourth-order valence-corrected chi connectivity index (χ4v) is 3.40. The SMILES string of the molecule is Cc1nccn1CC(=O)Nc1ccc(N2CCCC2)c2ncccc12. The summed E-state index contributed by atoms with van der Waals surface area (Å²) in [6.07, 6.45) is 7.76. The number of rotatable bonds is 4. The van der Waals surface area contributed by atoms with Gasteiger partial charge in [0.1, 0.15) is 12.4 Å². The summed E-state index contributed by atoms with van der Waals surface area (Å²) in [4.78, 5) is 23.5. The third-order valence-corrected chi connectivity index (χ3v) is 4.71. The van der Waals surface area contributed by atoms with Gasteiger partial charge in [0.2, 0.25) is 5.91 Å². The summed E-state index contributed by atoms with van der Waals surface area (Å²) < 4.78 is 1.83. The number of benzene rings is 1. The maximum absolute atomic E-state index is 12.4. The average Bonchev–Trinajstić information content (AvgIpc) is 3.28. The summed E-state index contributed by atoms with van der Waals surface area (Å²) in [6.45, 7) is 4.27. The summed E-state index contributed by atoms with van der Waals surface area (Å²) in [5, 5.41) is 4.00. The fraction of sp³-hybridized carbons (Fsp3) is 0.316. The molecule has 6 heteroatoms. The number of aromatic nitrogens is 3. The highest BCUT2D eigenvalue weighted by Gasteiger charge is 2.17. The van der Waals surface area contributed by atoms with Crippen molar-refractivity contribution in [1.29, 1.82) is 0 Å². The summed E-state index contributed by atoms with van der Waals surface area (Å²) in [5.74, 6) is 0.756. The summed E-state index contributed by atoms with van der Waals surface area (Å²) in [6, 6.07) is 7.97. The molecule has 3 heterocycles. The second-order valence-electron chi connectivity index (χ2n) is 6.38. The van der Waals surface area contributed by atoms with Crippen molar-refractivity contribution in [3.8, 4) is 0 Å². The number of nitrogens with zero attached hydrogens (tertiary/aromatic N) is 4. The van der Waals surface area contributed by atoms with Gasteiger partial charge in [-0.2, -0.15) is 0 Å². The van der Waals surface area contributed by atoms with Crippen LogP contribution in [0.2, 0.25) is 0 Å². The first-order valence-electron chi connectivity index (χ1n) is 8.62. The Morgan fingerprint density at radius 1 is 1.16 bits per heavy atom. The number of hydrogen-bond donors (Lipinski definition) is 1. The molecule has 0 spiro atoms. The number of fused-ring (bicyclic) bond motifs is 1. The van der Waals surface area contributed by atoms with Gasteiger partial charge in [0, 0.05) is 37.1 Å². The number of pyridine rings is 1. The summed E-state index contributed by atoms with van der Waals surface area (Å²) in [5.41, 5.74) is 2.89. The van der Waals surface area contributed by atoms with E-state index in [0.29, 0.717) is 0 Å². The molecule has 0 radical (unpaired) electrons. The molecule has 1 aliphatic heterocycles. The van der Waals surface area contributed by atoms with Crippen molar-refractivity contribution in [1.82, 2.24) is 14.5 Å². The van der Waals surface area contributed by atoms with Crippen LogP contribution in [0.15, 0.2) is 42.9 Å². The van der Waals surface area contributed by atoms with E-state index in [1.807, 2.05) is 42.1 Å². The standard InChI is InChI=1S/C19H21N5O/c1-14-20-9-12-24(14)13-18(25)22-16-6-7-17(23-10-2-3-11-23)19-15(16)5-4-8-21-19/h4-9,12H,2-3,10-11,13H2,1H3,(H,22,25). The van der Waals surface area contributed by atoms with Crippen LogP contribution in [0.25, 0.3) is 10.9 Å². The molecule has 6 nitrogen and oxygen atoms in total. The first-order valence-corrected chi connectivity index (χ1v) is 8.62. The third-order valence-electron chi connectivity index (χ3n) is 4.71. The second-order valence-corrected chi connectivity index (χ2v) is 6.38. The summed E-state index contributed by atoms with van der Waals surface area (Å²) >= 11 is 0. The quantitative estimate of drug-likeness (QED) is 0.796. The van der Waals surface area contributed by atoms with Gasteiger partial charge in [0.05, 0.1) is 16.9 Å². The lowest BCUT2D eigenvalue weighted by Crippen LogP contribution is -2.20. The number of carbonyl (C=O) groups excluding carboxylic acids is 1. The molecular formula is C19H21N5O. The predicted octanol–water partition coefficient (Wildman–Crippen LogP) is 2.98. The maximum atomic E-state index is 12.4. The number of aryl methyl sites for hydroxylation is 1. The van der Waals surface area contributed by atoms with Crippen LogP contribution < -0.4 is 10.2 Å². The van der Waals surface area contributed by atoms with Gasteiger partial charge in [-0.05, 0) is 44.0 Å². The van der Waals surface area contributed by atoms with Gasteiger partial charge in [0.15, 0.2) is 0 Å².